The van der Waals surface area contributed by atoms with Gasteiger partial charge in [0.2, 0.25) is 0 Å². The van der Waals surface area contributed by atoms with Crippen LogP contribution in [0.5, 0.6) is 0 Å². The second-order valence-electron chi connectivity index (χ2n) is 1.87. The van der Waals surface area contributed by atoms with Crippen molar-refractivity contribution >= 4 is 6.21 Å². The van der Waals surface area contributed by atoms with E-state index in [0.29, 0.717) is 20.0 Å². The molecule has 0 aliphatic carbocycles. The highest BCUT2D eigenvalue weighted by Gasteiger charge is 2.12. The van der Waals surface area contributed by atoms with Crippen LogP contribution in [0.1, 0.15) is 6.92 Å². The molecule has 1 aliphatic heterocycles. The summed E-state index contributed by atoms with van der Waals surface area (Å²) in [4.78, 5) is 4.73. The second kappa shape index (κ2) is 4.24. The summed E-state index contributed by atoms with van der Waals surface area (Å²) in [6.45, 7) is 3.41. The minimum Gasteiger partial charge on any atom is -0.396 e. The molecule has 0 bridgehead atoms. The monoisotopic (exact) mass is 145 g/mol. The van der Waals surface area contributed by atoms with Crippen molar-refractivity contribution in [1.82, 2.24) is 0 Å². The van der Waals surface area contributed by atoms with Gasteiger partial charge in [-0.05, 0) is 6.92 Å². The Morgan fingerprint density at radius 3 is 3.30 bits per heavy atom. The van der Waals surface area contributed by atoms with Gasteiger partial charge >= 0.3 is 0 Å². The molecule has 1 saturated heterocycles. The lowest BCUT2D eigenvalue weighted by Gasteiger charge is -1.96. The number of hydrogen-bond donors (Lipinski definition) is 0. The second-order valence-corrected chi connectivity index (χ2v) is 1.87. The van der Waals surface area contributed by atoms with Crippen molar-refractivity contribution in [3.8, 4) is 0 Å². The number of nitrogens with zero attached hydrogens (tertiary/aromatic N) is 1. The van der Waals surface area contributed by atoms with Gasteiger partial charge in [0.05, 0.1) is 12.8 Å². The minimum atomic E-state index is -0.0217. The Balaban J connectivity index is 2.10. The molecule has 4 heteroatoms. The largest absolute Gasteiger partial charge is 0.396 e. The predicted octanol–water partition coefficient (Wildman–Crippen LogP) is 0.382. The fourth-order valence-electron chi connectivity index (χ4n) is 0.619. The van der Waals surface area contributed by atoms with E-state index in [1.165, 1.54) is 0 Å². The summed E-state index contributed by atoms with van der Waals surface area (Å²) < 4.78 is 9.97. The molecule has 1 rings (SSSR count). The van der Waals surface area contributed by atoms with Gasteiger partial charge in [0.15, 0.2) is 0 Å². The lowest BCUT2D eigenvalue weighted by Crippen LogP contribution is -2.10. The van der Waals surface area contributed by atoms with Crippen LogP contribution in [0.4, 0.5) is 0 Å². The highest BCUT2D eigenvalue weighted by Crippen LogP contribution is 1.99. The maximum Gasteiger partial charge on any atom is 0.147 e. The molecule has 58 valence electrons. The topological polar surface area (TPSA) is 40.0 Å². The first-order valence-electron chi connectivity index (χ1n) is 3.28. The van der Waals surface area contributed by atoms with E-state index in [-0.39, 0.29) is 6.10 Å². The number of ether oxygens (including phenoxy) is 2. The Morgan fingerprint density at radius 1 is 1.80 bits per heavy atom. The number of hydrogen-bond acceptors (Lipinski definition) is 4. The molecule has 0 saturated carbocycles. The molecule has 1 atom stereocenters. The van der Waals surface area contributed by atoms with Crippen molar-refractivity contribution in [2.75, 3.05) is 20.0 Å². The third-order valence-electron chi connectivity index (χ3n) is 1.08. The van der Waals surface area contributed by atoms with E-state index in [4.69, 9.17) is 14.3 Å². The molecular formula is C6H11NO3. The zero-order valence-corrected chi connectivity index (χ0v) is 5.95. The zero-order valence-electron chi connectivity index (χ0n) is 5.95. The van der Waals surface area contributed by atoms with Crippen LogP contribution in [0, 0.1) is 0 Å². The highest BCUT2D eigenvalue weighted by atomic mass is 16.7. The van der Waals surface area contributed by atoms with Crippen LogP contribution >= 0.6 is 0 Å². The minimum absolute atomic E-state index is 0.0217. The van der Waals surface area contributed by atoms with Crippen LogP contribution in [-0.4, -0.2) is 32.3 Å². The maximum atomic E-state index is 5.05. The molecule has 10 heavy (non-hydrogen) atoms. The molecule has 0 spiro atoms. The summed E-state index contributed by atoms with van der Waals surface area (Å²) >= 11 is 0. The molecule has 4 nitrogen and oxygen atoms in total. The highest BCUT2D eigenvalue weighted by molar-refractivity contribution is 5.62. The molecule has 1 fully saturated rings. The van der Waals surface area contributed by atoms with Gasteiger partial charge in [0.25, 0.3) is 0 Å². The molecule has 0 radical (unpaired) electrons. The van der Waals surface area contributed by atoms with E-state index < -0.39 is 0 Å². The van der Waals surface area contributed by atoms with Gasteiger partial charge in [-0.2, -0.15) is 0 Å². The van der Waals surface area contributed by atoms with E-state index in [0.717, 1.165) is 0 Å². The summed E-state index contributed by atoms with van der Waals surface area (Å²) in [5.41, 5.74) is 0. The molecule has 1 aliphatic rings. The van der Waals surface area contributed by atoms with Gasteiger partial charge in [-0.15, -0.1) is 0 Å². The SMILES string of the molecule is CCON=CC1COCO1. The van der Waals surface area contributed by atoms with Crippen LogP contribution in [0.15, 0.2) is 5.16 Å². The van der Waals surface area contributed by atoms with Crippen LogP contribution in [-0.2, 0) is 14.3 Å². The third-order valence-corrected chi connectivity index (χ3v) is 1.08. The molecule has 0 aromatic rings. The van der Waals surface area contributed by atoms with Crippen molar-refractivity contribution in [2.45, 2.75) is 13.0 Å². The van der Waals surface area contributed by atoms with Crippen LogP contribution in [0.2, 0.25) is 0 Å². The molecule has 0 aromatic heterocycles. The lowest BCUT2D eigenvalue weighted by atomic mass is 10.4. The Kier molecular flexibility index (Phi) is 3.18. The van der Waals surface area contributed by atoms with E-state index in [9.17, 15) is 0 Å². The van der Waals surface area contributed by atoms with Gasteiger partial charge in [-0.3, -0.25) is 0 Å². The van der Waals surface area contributed by atoms with Crippen LogP contribution in [0.3, 0.4) is 0 Å². The first kappa shape index (κ1) is 7.50. The van der Waals surface area contributed by atoms with Crippen LogP contribution in [0.25, 0.3) is 0 Å². The molecule has 1 unspecified atom stereocenters. The van der Waals surface area contributed by atoms with Crippen molar-refractivity contribution in [3.05, 3.63) is 0 Å². The van der Waals surface area contributed by atoms with Gasteiger partial charge in [-0.25, -0.2) is 0 Å². The maximum absolute atomic E-state index is 5.05. The van der Waals surface area contributed by atoms with Gasteiger partial charge in [-0.1, -0.05) is 5.16 Å². The molecule has 1 heterocycles. The summed E-state index contributed by atoms with van der Waals surface area (Å²) in [6.07, 6.45) is 1.59. The Morgan fingerprint density at radius 2 is 2.70 bits per heavy atom. The number of rotatable bonds is 3. The summed E-state index contributed by atoms with van der Waals surface area (Å²) in [5, 5.41) is 3.64. The Hall–Kier alpha value is -0.610. The lowest BCUT2D eigenvalue weighted by molar-refractivity contribution is 0.0602. The van der Waals surface area contributed by atoms with Gasteiger partial charge in [0, 0.05) is 0 Å². The van der Waals surface area contributed by atoms with E-state index in [2.05, 4.69) is 5.16 Å². The van der Waals surface area contributed by atoms with Crippen molar-refractivity contribution in [2.24, 2.45) is 5.16 Å². The smallest absolute Gasteiger partial charge is 0.147 e. The normalized spacial score (nSPS) is 25.9. The predicted molar refractivity (Wildman–Crippen MR) is 35.8 cm³/mol. The van der Waals surface area contributed by atoms with Gasteiger partial charge < -0.3 is 14.3 Å². The fourth-order valence-corrected chi connectivity index (χ4v) is 0.619. The third kappa shape index (κ3) is 2.33. The summed E-state index contributed by atoms with van der Waals surface area (Å²) in [5.74, 6) is 0. The van der Waals surface area contributed by atoms with E-state index in [1.807, 2.05) is 6.92 Å². The molecule has 0 amide bonds. The quantitative estimate of drug-likeness (QED) is 0.426. The van der Waals surface area contributed by atoms with Gasteiger partial charge in [0.1, 0.15) is 19.5 Å². The average Bonchev–Trinajstić information content (AvgIpc) is 2.41. The van der Waals surface area contributed by atoms with Crippen molar-refractivity contribution in [1.29, 1.82) is 0 Å². The first-order chi connectivity index (χ1) is 4.93. The van der Waals surface area contributed by atoms with Crippen molar-refractivity contribution in [3.63, 3.8) is 0 Å². The average molecular weight is 145 g/mol. The Labute approximate surface area is 59.7 Å². The van der Waals surface area contributed by atoms with Crippen LogP contribution < -0.4 is 0 Å². The fraction of sp³-hybridized carbons (Fsp3) is 0.833. The molecular weight excluding hydrogens is 134 g/mol. The zero-order chi connectivity index (χ0) is 7.23. The van der Waals surface area contributed by atoms with E-state index >= 15 is 0 Å². The number of oxime groups is 1. The summed E-state index contributed by atoms with van der Waals surface area (Å²) in [7, 11) is 0. The summed E-state index contributed by atoms with van der Waals surface area (Å²) in [6, 6.07) is 0. The molecule has 0 N–H and O–H groups in total. The molecule has 0 aromatic carbocycles. The van der Waals surface area contributed by atoms with E-state index in [1.54, 1.807) is 6.21 Å². The first-order valence-corrected chi connectivity index (χ1v) is 3.28. The van der Waals surface area contributed by atoms with Crippen molar-refractivity contribution < 1.29 is 14.3 Å². The Bertz CT molecular complexity index is 110. The standard InChI is InChI=1S/C6H11NO3/c1-2-10-7-3-6-4-8-5-9-6/h3,6H,2,4-5H2,1H3.